The molecule has 0 atom stereocenters. The van der Waals surface area contributed by atoms with Crippen LogP contribution in [-0.2, 0) is 23.6 Å². The average Bonchev–Trinajstić information content (AvgIpc) is 2.78. The Morgan fingerprint density at radius 1 is 1.45 bits per heavy atom. The Hall–Kier alpha value is -2.06. The molecule has 1 heterocycles. The van der Waals surface area contributed by atoms with Crippen LogP contribution in [0.5, 0.6) is 5.75 Å². The molecule has 0 aliphatic heterocycles. The molecule has 0 bridgehead atoms. The standard InChI is InChI=1S/C12H16N4O3S/c1-15-7-9(6-14-15)8-16(2)20(18,19)10-3-4-12(17)11(13)5-10/h3-7,17H,8,13H2,1-2H3. The summed E-state index contributed by atoms with van der Waals surface area (Å²) < 4.78 is 27.5. The molecule has 0 unspecified atom stereocenters. The van der Waals surface area contributed by atoms with Crippen molar-refractivity contribution in [2.24, 2.45) is 7.05 Å². The van der Waals surface area contributed by atoms with E-state index in [9.17, 15) is 13.5 Å². The molecule has 0 amide bonds. The number of hydrogen-bond acceptors (Lipinski definition) is 5. The van der Waals surface area contributed by atoms with Crippen LogP contribution in [0.2, 0.25) is 0 Å². The van der Waals surface area contributed by atoms with Gasteiger partial charge < -0.3 is 10.8 Å². The predicted octanol–water partition coefficient (Wildman–Crippen LogP) is 0.529. The maximum atomic E-state index is 12.4. The Balaban J connectivity index is 2.27. The maximum absolute atomic E-state index is 12.4. The van der Waals surface area contributed by atoms with Gasteiger partial charge in [0.2, 0.25) is 10.0 Å². The molecule has 2 aromatic rings. The van der Waals surface area contributed by atoms with Crippen molar-refractivity contribution in [2.45, 2.75) is 11.4 Å². The number of nitrogens with zero attached hydrogens (tertiary/aromatic N) is 3. The lowest BCUT2D eigenvalue weighted by molar-refractivity contribution is 0.465. The fourth-order valence-electron chi connectivity index (χ4n) is 1.77. The van der Waals surface area contributed by atoms with Gasteiger partial charge in [-0.1, -0.05) is 0 Å². The number of phenolic OH excluding ortho intramolecular Hbond substituents is 1. The van der Waals surface area contributed by atoms with Crippen molar-refractivity contribution < 1.29 is 13.5 Å². The fraction of sp³-hybridized carbons (Fsp3) is 0.250. The quantitative estimate of drug-likeness (QED) is 0.633. The van der Waals surface area contributed by atoms with E-state index in [1.54, 1.807) is 24.1 Å². The van der Waals surface area contributed by atoms with E-state index < -0.39 is 10.0 Å². The molecule has 0 saturated carbocycles. The van der Waals surface area contributed by atoms with Crippen molar-refractivity contribution in [3.8, 4) is 5.75 Å². The summed E-state index contributed by atoms with van der Waals surface area (Å²) in [6.07, 6.45) is 3.36. The van der Waals surface area contributed by atoms with Crippen LogP contribution in [0.15, 0.2) is 35.5 Å². The van der Waals surface area contributed by atoms with Crippen molar-refractivity contribution in [1.29, 1.82) is 0 Å². The molecule has 3 N–H and O–H groups in total. The van der Waals surface area contributed by atoms with E-state index in [1.807, 2.05) is 0 Å². The fourth-order valence-corrected chi connectivity index (χ4v) is 2.96. The summed E-state index contributed by atoms with van der Waals surface area (Å²) in [6.45, 7) is 0.205. The Kier molecular flexibility index (Phi) is 3.69. The monoisotopic (exact) mass is 296 g/mol. The lowest BCUT2D eigenvalue weighted by Crippen LogP contribution is -2.26. The van der Waals surface area contributed by atoms with E-state index in [0.717, 1.165) is 5.56 Å². The second-order valence-corrected chi connectivity index (χ2v) is 6.55. The number of nitrogens with two attached hydrogens (primary N) is 1. The lowest BCUT2D eigenvalue weighted by atomic mass is 10.3. The van der Waals surface area contributed by atoms with Crippen LogP contribution in [0.1, 0.15) is 5.56 Å². The van der Waals surface area contributed by atoms with Crippen molar-refractivity contribution in [3.05, 3.63) is 36.2 Å². The molecule has 20 heavy (non-hydrogen) atoms. The first-order chi connectivity index (χ1) is 9.30. The largest absolute Gasteiger partial charge is 0.506 e. The predicted molar refractivity (Wildman–Crippen MR) is 74.4 cm³/mol. The molecule has 2 rings (SSSR count). The number of sulfonamides is 1. The van der Waals surface area contributed by atoms with E-state index >= 15 is 0 Å². The number of aromatic hydroxyl groups is 1. The highest BCUT2D eigenvalue weighted by Gasteiger charge is 2.22. The van der Waals surface area contributed by atoms with Gasteiger partial charge in [-0.15, -0.1) is 0 Å². The van der Waals surface area contributed by atoms with Crippen LogP contribution in [0.4, 0.5) is 5.69 Å². The van der Waals surface area contributed by atoms with Crippen molar-refractivity contribution in [2.75, 3.05) is 12.8 Å². The second kappa shape index (κ2) is 5.14. The summed E-state index contributed by atoms with van der Waals surface area (Å²) in [5.74, 6) is -0.140. The third-order valence-corrected chi connectivity index (χ3v) is 4.67. The molecule has 1 aromatic heterocycles. The number of nitrogen functional groups attached to an aromatic ring is 1. The van der Waals surface area contributed by atoms with Gasteiger partial charge in [0.25, 0.3) is 0 Å². The van der Waals surface area contributed by atoms with Crippen LogP contribution in [0.3, 0.4) is 0 Å². The molecule has 0 aliphatic carbocycles. The van der Waals surface area contributed by atoms with Gasteiger partial charge in [0, 0.05) is 32.4 Å². The van der Waals surface area contributed by atoms with Crippen LogP contribution in [-0.4, -0.2) is 34.7 Å². The Bertz CT molecular complexity index is 724. The molecule has 8 heteroatoms. The third kappa shape index (κ3) is 2.75. The third-order valence-electron chi connectivity index (χ3n) is 2.87. The summed E-state index contributed by atoms with van der Waals surface area (Å²) in [5.41, 5.74) is 6.34. The molecule has 0 radical (unpaired) electrons. The first kappa shape index (κ1) is 14.4. The lowest BCUT2D eigenvalue weighted by Gasteiger charge is -2.16. The maximum Gasteiger partial charge on any atom is 0.243 e. The number of aryl methyl sites for hydroxylation is 1. The van der Waals surface area contributed by atoms with Gasteiger partial charge in [0.05, 0.1) is 16.8 Å². The van der Waals surface area contributed by atoms with E-state index in [-0.39, 0.29) is 22.9 Å². The van der Waals surface area contributed by atoms with E-state index in [1.165, 1.54) is 29.6 Å². The molecule has 0 spiro atoms. The van der Waals surface area contributed by atoms with Crippen molar-refractivity contribution in [1.82, 2.24) is 14.1 Å². The molecule has 0 aliphatic rings. The smallest absolute Gasteiger partial charge is 0.243 e. The molecular formula is C12H16N4O3S. The van der Waals surface area contributed by atoms with E-state index in [2.05, 4.69) is 5.10 Å². The average molecular weight is 296 g/mol. The van der Waals surface area contributed by atoms with Gasteiger partial charge in [-0.05, 0) is 18.2 Å². The first-order valence-corrected chi connectivity index (χ1v) is 7.27. The SMILES string of the molecule is CN(Cc1cnn(C)c1)S(=O)(=O)c1ccc(O)c(N)c1. The number of aromatic nitrogens is 2. The number of rotatable bonds is 4. The number of anilines is 1. The zero-order chi connectivity index (χ0) is 14.9. The molecule has 0 fully saturated rings. The van der Waals surface area contributed by atoms with E-state index in [4.69, 9.17) is 5.73 Å². The van der Waals surface area contributed by atoms with E-state index in [0.29, 0.717) is 0 Å². The first-order valence-electron chi connectivity index (χ1n) is 5.83. The topological polar surface area (TPSA) is 101 Å². The van der Waals surface area contributed by atoms with Crippen LogP contribution in [0, 0.1) is 0 Å². The highest BCUT2D eigenvalue weighted by Crippen LogP contribution is 2.25. The zero-order valence-electron chi connectivity index (χ0n) is 11.2. The zero-order valence-corrected chi connectivity index (χ0v) is 12.0. The number of benzene rings is 1. The summed E-state index contributed by atoms with van der Waals surface area (Å²) in [4.78, 5) is 0.0409. The van der Waals surface area contributed by atoms with Crippen molar-refractivity contribution in [3.63, 3.8) is 0 Å². The Morgan fingerprint density at radius 3 is 2.70 bits per heavy atom. The van der Waals surface area contributed by atoms with Gasteiger partial charge in [-0.3, -0.25) is 4.68 Å². The Labute approximate surface area is 117 Å². The highest BCUT2D eigenvalue weighted by atomic mass is 32.2. The minimum atomic E-state index is -3.66. The summed E-state index contributed by atoms with van der Waals surface area (Å²) >= 11 is 0. The second-order valence-electron chi connectivity index (χ2n) is 4.50. The highest BCUT2D eigenvalue weighted by molar-refractivity contribution is 7.89. The number of hydrogen-bond donors (Lipinski definition) is 2. The minimum Gasteiger partial charge on any atom is -0.506 e. The number of phenols is 1. The summed E-state index contributed by atoms with van der Waals surface area (Å²) in [7, 11) is -0.422. The van der Waals surface area contributed by atoms with Crippen molar-refractivity contribution >= 4 is 15.7 Å². The Morgan fingerprint density at radius 2 is 2.15 bits per heavy atom. The molecule has 1 aromatic carbocycles. The van der Waals surface area contributed by atoms with Gasteiger partial charge in [0.15, 0.2) is 0 Å². The molecule has 108 valence electrons. The van der Waals surface area contributed by atoms with Gasteiger partial charge >= 0.3 is 0 Å². The van der Waals surface area contributed by atoms with Gasteiger partial charge in [-0.2, -0.15) is 9.40 Å². The van der Waals surface area contributed by atoms with Gasteiger partial charge in [-0.25, -0.2) is 8.42 Å². The minimum absolute atomic E-state index is 0.0286. The molecular weight excluding hydrogens is 280 g/mol. The van der Waals surface area contributed by atoms with Crippen LogP contribution in [0.25, 0.3) is 0 Å². The molecule has 0 saturated heterocycles. The summed E-state index contributed by atoms with van der Waals surface area (Å²) in [6, 6.07) is 3.82. The van der Waals surface area contributed by atoms with Crippen LogP contribution < -0.4 is 5.73 Å². The van der Waals surface area contributed by atoms with Gasteiger partial charge in [0.1, 0.15) is 5.75 Å². The molecule has 7 nitrogen and oxygen atoms in total. The van der Waals surface area contributed by atoms with Crippen LogP contribution >= 0.6 is 0 Å². The summed E-state index contributed by atoms with van der Waals surface area (Å²) in [5, 5.41) is 13.3. The normalized spacial score (nSPS) is 11.9.